The molecule has 106 valence electrons. The van der Waals surface area contributed by atoms with Crippen LogP contribution in [0, 0.1) is 5.82 Å². The van der Waals surface area contributed by atoms with Crippen LogP contribution in [0.15, 0.2) is 51.8 Å². The normalized spacial score (nSPS) is 11.3. The zero-order valence-corrected chi connectivity index (χ0v) is 12.6. The molecule has 0 atom stereocenters. The first kappa shape index (κ1) is 15.0. The number of ether oxygens (including phenoxy) is 1. The lowest BCUT2D eigenvalue weighted by atomic mass is 10.2. The fourth-order valence-electron chi connectivity index (χ4n) is 1.54. The maximum absolute atomic E-state index is 13.5. The number of halogens is 2. The molecule has 20 heavy (non-hydrogen) atoms. The van der Waals surface area contributed by atoms with Crippen molar-refractivity contribution >= 4 is 26.0 Å². The number of nitrogens with two attached hydrogens (primary N) is 1. The lowest BCUT2D eigenvalue weighted by molar-refractivity contribution is 0.299. The molecule has 2 N–H and O–H groups in total. The zero-order valence-electron chi connectivity index (χ0n) is 10.2. The third-order valence-corrected chi connectivity index (χ3v) is 3.98. The molecule has 0 aliphatic rings. The summed E-state index contributed by atoms with van der Waals surface area (Å²) in [5, 5.41) is 4.98. The molecule has 2 aromatic carbocycles. The Bertz CT molecular complexity index is 717. The number of primary sulfonamides is 1. The van der Waals surface area contributed by atoms with Gasteiger partial charge in [0.25, 0.3) is 0 Å². The first-order chi connectivity index (χ1) is 9.36. The fourth-order valence-corrected chi connectivity index (χ4v) is 2.46. The molecule has 0 heterocycles. The Labute approximate surface area is 124 Å². The van der Waals surface area contributed by atoms with Crippen molar-refractivity contribution in [2.24, 2.45) is 5.14 Å². The van der Waals surface area contributed by atoms with E-state index in [1.54, 1.807) is 12.1 Å². The van der Waals surface area contributed by atoms with E-state index in [0.717, 1.165) is 4.47 Å². The van der Waals surface area contributed by atoms with Crippen molar-refractivity contribution < 1.29 is 17.5 Å². The Balaban J connectivity index is 2.10. The monoisotopic (exact) mass is 359 g/mol. The fraction of sp³-hybridized carbons (Fsp3) is 0.0769. The second-order valence-electron chi connectivity index (χ2n) is 4.04. The van der Waals surface area contributed by atoms with E-state index in [1.165, 1.54) is 30.3 Å². The van der Waals surface area contributed by atoms with Crippen LogP contribution < -0.4 is 9.88 Å². The van der Waals surface area contributed by atoms with Gasteiger partial charge in [-0.3, -0.25) is 0 Å². The van der Waals surface area contributed by atoms with Gasteiger partial charge in [0.1, 0.15) is 18.2 Å². The number of hydrogen-bond donors (Lipinski definition) is 1. The molecular formula is C13H11BrFNO3S. The predicted octanol–water partition coefficient (Wildman–Crippen LogP) is 2.81. The van der Waals surface area contributed by atoms with Crippen LogP contribution in [0.5, 0.6) is 5.75 Å². The van der Waals surface area contributed by atoms with Crippen LogP contribution >= 0.6 is 15.9 Å². The van der Waals surface area contributed by atoms with E-state index in [0.29, 0.717) is 11.3 Å². The molecule has 0 bridgehead atoms. The molecule has 0 unspecified atom stereocenters. The van der Waals surface area contributed by atoms with Gasteiger partial charge in [-0.2, -0.15) is 0 Å². The third kappa shape index (κ3) is 3.78. The van der Waals surface area contributed by atoms with E-state index in [4.69, 9.17) is 9.88 Å². The topological polar surface area (TPSA) is 69.4 Å². The molecule has 0 saturated carbocycles. The summed E-state index contributed by atoms with van der Waals surface area (Å²) in [7, 11) is -3.72. The molecule has 7 heteroatoms. The van der Waals surface area contributed by atoms with Crippen molar-refractivity contribution in [2.75, 3.05) is 0 Å². The van der Waals surface area contributed by atoms with Gasteiger partial charge in [0.2, 0.25) is 10.0 Å². The number of rotatable bonds is 4. The van der Waals surface area contributed by atoms with Crippen molar-refractivity contribution in [1.29, 1.82) is 0 Å². The quantitative estimate of drug-likeness (QED) is 0.912. The molecule has 2 aromatic rings. The van der Waals surface area contributed by atoms with Crippen molar-refractivity contribution in [2.45, 2.75) is 11.5 Å². The van der Waals surface area contributed by atoms with Crippen molar-refractivity contribution in [3.8, 4) is 5.75 Å². The average Bonchev–Trinajstić information content (AvgIpc) is 2.39. The summed E-state index contributed by atoms with van der Waals surface area (Å²) in [6, 6.07) is 10.2. The molecule has 0 radical (unpaired) electrons. The number of benzene rings is 2. The highest BCUT2D eigenvalue weighted by Gasteiger charge is 2.08. The van der Waals surface area contributed by atoms with Crippen LogP contribution in [0.25, 0.3) is 0 Å². The number of hydrogen-bond acceptors (Lipinski definition) is 3. The Morgan fingerprint density at radius 3 is 2.40 bits per heavy atom. The van der Waals surface area contributed by atoms with Gasteiger partial charge in [-0.05, 0) is 42.5 Å². The molecule has 0 aliphatic carbocycles. The summed E-state index contributed by atoms with van der Waals surface area (Å²) >= 11 is 3.25. The van der Waals surface area contributed by atoms with Crippen LogP contribution in [0.2, 0.25) is 0 Å². The minimum Gasteiger partial charge on any atom is -0.489 e. The Morgan fingerprint density at radius 1 is 1.15 bits per heavy atom. The van der Waals surface area contributed by atoms with Crippen LogP contribution in [0.4, 0.5) is 4.39 Å². The summed E-state index contributed by atoms with van der Waals surface area (Å²) in [5.41, 5.74) is 0.398. The van der Waals surface area contributed by atoms with Gasteiger partial charge in [0.15, 0.2) is 0 Å². The first-order valence-corrected chi connectivity index (χ1v) is 7.90. The average molecular weight is 360 g/mol. The van der Waals surface area contributed by atoms with Crippen LogP contribution in [-0.4, -0.2) is 8.42 Å². The summed E-state index contributed by atoms with van der Waals surface area (Å²) in [4.78, 5) is -0.00140. The summed E-state index contributed by atoms with van der Waals surface area (Å²) < 4.78 is 41.8. The van der Waals surface area contributed by atoms with E-state index in [1.807, 2.05) is 0 Å². The molecule has 0 fully saturated rings. The predicted molar refractivity (Wildman–Crippen MR) is 76.2 cm³/mol. The van der Waals surface area contributed by atoms with Gasteiger partial charge >= 0.3 is 0 Å². The highest BCUT2D eigenvalue weighted by molar-refractivity contribution is 9.10. The maximum atomic E-state index is 13.5. The van der Waals surface area contributed by atoms with Crippen molar-refractivity contribution in [3.05, 3.63) is 58.3 Å². The van der Waals surface area contributed by atoms with E-state index >= 15 is 0 Å². The lowest BCUT2D eigenvalue weighted by Crippen LogP contribution is -2.11. The van der Waals surface area contributed by atoms with E-state index < -0.39 is 10.0 Å². The molecule has 0 aromatic heterocycles. The summed E-state index contributed by atoms with van der Waals surface area (Å²) in [6.07, 6.45) is 0. The SMILES string of the molecule is NS(=O)(=O)c1ccc(OCc2cc(Br)ccc2F)cc1. The second kappa shape index (κ2) is 5.90. The van der Waals surface area contributed by atoms with Crippen LogP contribution in [0.3, 0.4) is 0 Å². The van der Waals surface area contributed by atoms with Gasteiger partial charge in [0.05, 0.1) is 4.90 Å². The third-order valence-electron chi connectivity index (χ3n) is 2.55. The molecule has 0 amide bonds. The van der Waals surface area contributed by atoms with E-state index in [-0.39, 0.29) is 17.3 Å². The summed E-state index contributed by atoms with van der Waals surface area (Å²) in [5.74, 6) is 0.0612. The van der Waals surface area contributed by atoms with Gasteiger partial charge in [-0.15, -0.1) is 0 Å². The molecular weight excluding hydrogens is 349 g/mol. The van der Waals surface area contributed by atoms with E-state index in [2.05, 4.69) is 15.9 Å². The minimum atomic E-state index is -3.72. The first-order valence-electron chi connectivity index (χ1n) is 5.56. The standard InChI is InChI=1S/C13H11BrFNO3S/c14-10-1-6-13(15)9(7-10)8-19-11-2-4-12(5-3-11)20(16,17)18/h1-7H,8H2,(H2,16,17,18). The smallest absolute Gasteiger partial charge is 0.238 e. The van der Waals surface area contributed by atoms with Gasteiger partial charge < -0.3 is 4.74 Å². The largest absolute Gasteiger partial charge is 0.489 e. The van der Waals surface area contributed by atoms with Crippen LogP contribution in [0.1, 0.15) is 5.56 Å². The minimum absolute atomic E-state index is 0.00140. The summed E-state index contributed by atoms with van der Waals surface area (Å²) in [6.45, 7) is 0.0417. The van der Waals surface area contributed by atoms with E-state index in [9.17, 15) is 12.8 Å². The molecule has 4 nitrogen and oxygen atoms in total. The van der Waals surface area contributed by atoms with Crippen molar-refractivity contribution in [3.63, 3.8) is 0 Å². The Morgan fingerprint density at radius 2 is 1.80 bits per heavy atom. The van der Waals surface area contributed by atoms with Crippen molar-refractivity contribution in [1.82, 2.24) is 0 Å². The lowest BCUT2D eigenvalue weighted by Gasteiger charge is -2.08. The second-order valence-corrected chi connectivity index (χ2v) is 6.52. The molecule has 0 saturated heterocycles. The molecule has 0 aliphatic heterocycles. The Kier molecular flexibility index (Phi) is 4.42. The molecule has 2 rings (SSSR count). The highest BCUT2D eigenvalue weighted by atomic mass is 79.9. The zero-order chi connectivity index (χ0) is 14.8. The van der Waals surface area contributed by atoms with Gasteiger partial charge in [-0.25, -0.2) is 17.9 Å². The molecule has 0 spiro atoms. The highest BCUT2D eigenvalue weighted by Crippen LogP contribution is 2.19. The van der Waals surface area contributed by atoms with Crippen LogP contribution in [-0.2, 0) is 16.6 Å². The maximum Gasteiger partial charge on any atom is 0.238 e. The van der Waals surface area contributed by atoms with Gasteiger partial charge in [-0.1, -0.05) is 15.9 Å². The van der Waals surface area contributed by atoms with Gasteiger partial charge in [0, 0.05) is 10.0 Å². The number of sulfonamides is 1. The Hall–Kier alpha value is -1.44.